The number of nitrogens with one attached hydrogen (secondary N) is 1. The predicted octanol–water partition coefficient (Wildman–Crippen LogP) is 2.02. The summed E-state index contributed by atoms with van der Waals surface area (Å²) < 4.78 is 0. The molecule has 2 heteroatoms. The van der Waals surface area contributed by atoms with Crippen molar-refractivity contribution in [1.82, 2.24) is 10.3 Å². The van der Waals surface area contributed by atoms with Crippen LogP contribution in [0.4, 0.5) is 0 Å². The highest BCUT2D eigenvalue weighted by Crippen LogP contribution is 2.03. The number of hydrogen-bond acceptors (Lipinski definition) is 2. The average molecular weight is 202 g/mol. The minimum absolute atomic E-state index is 0.437. The Balaban J connectivity index is 2.53. The molecular formula is C13H18N2. The van der Waals surface area contributed by atoms with Crippen LogP contribution in [0.15, 0.2) is 24.5 Å². The second-order valence-corrected chi connectivity index (χ2v) is 3.45. The molecule has 0 aliphatic heterocycles. The molecule has 1 unspecified atom stereocenters. The van der Waals surface area contributed by atoms with Crippen molar-refractivity contribution in [3.05, 3.63) is 30.1 Å². The number of rotatable bonds is 5. The third kappa shape index (κ3) is 4.62. The largest absolute Gasteiger partial charge is 0.313 e. The van der Waals surface area contributed by atoms with Crippen LogP contribution in [0.5, 0.6) is 0 Å². The summed E-state index contributed by atoms with van der Waals surface area (Å²) >= 11 is 0. The van der Waals surface area contributed by atoms with Crippen molar-refractivity contribution >= 4 is 0 Å². The second kappa shape index (κ2) is 7.03. The van der Waals surface area contributed by atoms with Crippen molar-refractivity contribution < 1.29 is 0 Å². The molecule has 1 heterocycles. The molecule has 80 valence electrons. The molecular weight excluding hydrogens is 184 g/mol. The quantitative estimate of drug-likeness (QED) is 0.739. The van der Waals surface area contributed by atoms with Crippen molar-refractivity contribution in [1.29, 1.82) is 0 Å². The highest BCUT2D eigenvalue weighted by Gasteiger charge is 2.06. The van der Waals surface area contributed by atoms with Crippen LogP contribution >= 0.6 is 0 Å². The minimum Gasteiger partial charge on any atom is -0.313 e. The molecule has 0 saturated carbocycles. The number of aromatic nitrogens is 1. The first-order valence-electron chi connectivity index (χ1n) is 5.38. The molecule has 0 amide bonds. The van der Waals surface area contributed by atoms with E-state index in [1.165, 1.54) is 5.56 Å². The molecule has 0 aromatic carbocycles. The lowest BCUT2D eigenvalue weighted by Crippen LogP contribution is -2.30. The molecule has 0 spiro atoms. The summed E-state index contributed by atoms with van der Waals surface area (Å²) in [6.45, 7) is 4.99. The van der Waals surface area contributed by atoms with Gasteiger partial charge in [-0.05, 0) is 31.5 Å². The molecule has 1 N–H and O–H groups in total. The Morgan fingerprint density at radius 1 is 1.53 bits per heavy atom. The average Bonchev–Trinajstić information content (AvgIpc) is 2.28. The van der Waals surface area contributed by atoms with Crippen molar-refractivity contribution in [3.63, 3.8) is 0 Å². The maximum absolute atomic E-state index is 4.11. The van der Waals surface area contributed by atoms with Crippen LogP contribution in [0.3, 0.4) is 0 Å². The van der Waals surface area contributed by atoms with Gasteiger partial charge in [-0.25, -0.2) is 0 Å². The Hall–Kier alpha value is -1.33. The number of pyridine rings is 1. The third-order valence-electron chi connectivity index (χ3n) is 2.22. The van der Waals surface area contributed by atoms with Gasteiger partial charge in [-0.1, -0.05) is 13.0 Å². The van der Waals surface area contributed by atoms with Gasteiger partial charge in [-0.3, -0.25) is 4.98 Å². The van der Waals surface area contributed by atoms with E-state index in [0.29, 0.717) is 6.04 Å². The summed E-state index contributed by atoms with van der Waals surface area (Å²) in [5, 5.41) is 3.44. The standard InChI is InChI=1S/C13H18N2/c1-3-5-8-13(15-4-2)10-12-7-6-9-14-11-12/h6-7,9,11,13,15H,4,8,10H2,1-2H3. The summed E-state index contributed by atoms with van der Waals surface area (Å²) in [5.41, 5.74) is 1.27. The van der Waals surface area contributed by atoms with Crippen LogP contribution in [-0.4, -0.2) is 17.6 Å². The van der Waals surface area contributed by atoms with E-state index in [9.17, 15) is 0 Å². The molecule has 0 fully saturated rings. The topological polar surface area (TPSA) is 24.9 Å². The van der Waals surface area contributed by atoms with Crippen LogP contribution in [0.2, 0.25) is 0 Å². The van der Waals surface area contributed by atoms with Crippen LogP contribution in [0.1, 0.15) is 25.8 Å². The summed E-state index contributed by atoms with van der Waals surface area (Å²) in [6.07, 6.45) is 5.62. The lowest BCUT2D eigenvalue weighted by Gasteiger charge is -2.14. The maximum Gasteiger partial charge on any atom is 0.0300 e. The van der Waals surface area contributed by atoms with Gasteiger partial charge in [0.25, 0.3) is 0 Å². The Morgan fingerprint density at radius 3 is 3.00 bits per heavy atom. The first-order chi connectivity index (χ1) is 7.36. The molecule has 1 aromatic rings. The zero-order chi connectivity index (χ0) is 10.9. The Labute approximate surface area is 92.1 Å². The van der Waals surface area contributed by atoms with E-state index >= 15 is 0 Å². The van der Waals surface area contributed by atoms with Crippen molar-refractivity contribution in [2.45, 2.75) is 32.7 Å². The normalized spacial score (nSPS) is 11.6. The first kappa shape index (κ1) is 11.7. The Kier molecular flexibility index (Phi) is 5.50. The van der Waals surface area contributed by atoms with Crippen molar-refractivity contribution in [2.75, 3.05) is 6.54 Å². The van der Waals surface area contributed by atoms with E-state index in [2.05, 4.69) is 35.1 Å². The number of nitrogens with zero attached hydrogens (tertiary/aromatic N) is 1. The van der Waals surface area contributed by atoms with E-state index in [4.69, 9.17) is 0 Å². The van der Waals surface area contributed by atoms with Gasteiger partial charge in [0.05, 0.1) is 0 Å². The lowest BCUT2D eigenvalue weighted by atomic mass is 10.1. The van der Waals surface area contributed by atoms with Gasteiger partial charge in [0.2, 0.25) is 0 Å². The molecule has 15 heavy (non-hydrogen) atoms. The van der Waals surface area contributed by atoms with Gasteiger partial charge in [0.1, 0.15) is 0 Å². The predicted molar refractivity (Wildman–Crippen MR) is 63.5 cm³/mol. The molecule has 0 radical (unpaired) electrons. The summed E-state index contributed by atoms with van der Waals surface area (Å²) in [4.78, 5) is 4.11. The van der Waals surface area contributed by atoms with Gasteiger partial charge in [-0.2, -0.15) is 0 Å². The minimum atomic E-state index is 0.437. The van der Waals surface area contributed by atoms with Gasteiger partial charge in [0.15, 0.2) is 0 Å². The molecule has 2 nitrogen and oxygen atoms in total. The zero-order valence-electron chi connectivity index (χ0n) is 9.46. The van der Waals surface area contributed by atoms with Gasteiger partial charge < -0.3 is 5.32 Å². The second-order valence-electron chi connectivity index (χ2n) is 3.45. The number of hydrogen-bond donors (Lipinski definition) is 1. The lowest BCUT2D eigenvalue weighted by molar-refractivity contribution is 0.534. The third-order valence-corrected chi connectivity index (χ3v) is 2.22. The fourth-order valence-corrected chi connectivity index (χ4v) is 1.53. The molecule has 1 aromatic heterocycles. The van der Waals surface area contributed by atoms with E-state index in [1.54, 1.807) is 6.20 Å². The SMILES string of the molecule is CC#CCC(Cc1cccnc1)NCC. The van der Waals surface area contributed by atoms with E-state index in [-0.39, 0.29) is 0 Å². The highest BCUT2D eigenvalue weighted by molar-refractivity contribution is 5.11. The first-order valence-corrected chi connectivity index (χ1v) is 5.38. The number of likely N-dealkylation sites (N-methyl/N-ethyl adjacent to an activating group) is 1. The van der Waals surface area contributed by atoms with Gasteiger partial charge in [0, 0.05) is 24.9 Å². The van der Waals surface area contributed by atoms with E-state index in [0.717, 1.165) is 19.4 Å². The van der Waals surface area contributed by atoms with E-state index < -0.39 is 0 Å². The Morgan fingerprint density at radius 2 is 2.40 bits per heavy atom. The van der Waals surface area contributed by atoms with Crippen LogP contribution in [-0.2, 0) is 6.42 Å². The van der Waals surface area contributed by atoms with Gasteiger partial charge in [-0.15, -0.1) is 11.8 Å². The molecule has 0 saturated heterocycles. The fraction of sp³-hybridized carbons (Fsp3) is 0.462. The Bertz CT molecular complexity index is 321. The van der Waals surface area contributed by atoms with Gasteiger partial charge >= 0.3 is 0 Å². The molecule has 0 aliphatic rings. The summed E-state index contributed by atoms with van der Waals surface area (Å²) in [6, 6.07) is 4.52. The van der Waals surface area contributed by atoms with Crippen LogP contribution in [0, 0.1) is 11.8 Å². The summed E-state index contributed by atoms with van der Waals surface area (Å²) in [5.74, 6) is 6.06. The molecule has 0 aliphatic carbocycles. The molecule has 1 atom stereocenters. The smallest absolute Gasteiger partial charge is 0.0300 e. The fourth-order valence-electron chi connectivity index (χ4n) is 1.53. The van der Waals surface area contributed by atoms with Crippen molar-refractivity contribution in [3.8, 4) is 11.8 Å². The van der Waals surface area contributed by atoms with E-state index in [1.807, 2.05) is 19.2 Å². The zero-order valence-corrected chi connectivity index (χ0v) is 9.46. The van der Waals surface area contributed by atoms with Crippen molar-refractivity contribution in [2.24, 2.45) is 0 Å². The highest BCUT2D eigenvalue weighted by atomic mass is 14.9. The van der Waals surface area contributed by atoms with Crippen LogP contribution < -0.4 is 5.32 Å². The van der Waals surface area contributed by atoms with Crippen LogP contribution in [0.25, 0.3) is 0 Å². The maximum atomic E-state index is 4.11. The monoisotopic (exact) mass is 202 g/mol. The summed E-state index contributed by atoms with van der Waals surface area (Å²) in [7, 11) is 0. The molecule has 1 rings (SSSR count). The molecule has 0 bridgehead atoms.